The smallest absolute Gasteiger partial charge is 0.343 e. The first-order valence-corrected chi connectivity index (χ1v) is 9.49. The largest absolute Gasteiger partial charge is 0.507 e. The molecule has 0 spiro atoms. The van der Waals surface area contributed by atoms with Crippen molar-refractivity contribution in [3.05, 3.63) is 95.1 Å². The highest BCUT2D eigenvalue weighted by atomic mass is 16.5. The van der Waals surface area contributed by atoms with Crippen LogP contribution in [0.3, 0.4) is 0 Å². The average Bonchev–Trinajstić information content (AvgIpc) is 2.76. The zero-order chi connectivity index (χ0) is 21.1. The molecule has 0 unspecified atom stereocenters. The Kier molecular flexibility index (Phi) is 5.26. The fraction of sp³-hybridized carbons (Fsp3) is 0.0800. The summed E-state index contributed by atoms with van der Waals surface area (Å²) < 4.78 is 5.40. The van der Waals surface area contributed by atoms with Crippen molar-refractivity contribution >= 4 is 28.9 Å². The Hall–Kier alpha value is -3.99. The van der Waals surface area contributed by atoms with Crippen LogP contribution in [0.2, 0.25) is 0 Å². The van der Waals surface area contributed by atoms with Crippen LogP contribution in [0.1, 0.15) is 32.6 Å². The Balaban J connectivity index is 1.73. The van der Waals surface area contributed by atoms with Gasteiger partial charge in [0.05, 0.1) is 18.0 Å². The van der Waals surface area contributed by atoms with Crippen LogP contribution in [0.5, 0.6) is 11.5 Å². The number of aromatic nitrogens is 2. The van der Waals surface area contributed by atoms with Gasteiger partial charge in [-0.15, -0.1) is 0 Å². The second-order valence-electron chi connectivity index (χ2n) is 7.09. The summed E-state index contributed by atoms with van der Waals surface area (Å²) in [6.07, 6.45) is 8.21. The van der Waals surface area contributed by atoms with E-state index in [2.05, 4.69) is 9.97 Å². The Morgan fingerprint density at radius 1 is 0.967 bits per heavy atom. The standard InChI is InChI=1S/C25H20N2O3/c1-16-9-18(10-17(2)24(16)28)7-8-20-12-21(11-19-5-3-4-6-23(19)20)25(29)30-22-13-26-15-27-14-22/h3-15,28H,1-2H3. The molecule has 1 heterocycles. The normalized spacial score (nSPS) is 11.1. The van der Waals surface area contributed by atoms with E-state index in [-0.39, 0.29) is 0 Å². The number of hydrogen-bond donors (Lipinski definition) is 1. The number of phenolic OH excluding ortho intramolecular Hbond substituents is 1. The second kappa shape index (κ2) is 8.17. The molecule has 4 aromatic rings. The monoisotopic (exact) mass is 396 g/mol. The van der Waals surface area contributed by atoms with Crippen LogP contribution in [0.4, 0.5) is 0 Å². The molecule has 0 aliphatic carbocycles. The number of hydrogen-bond acceptors (Lipinski definition) is 5. The molecule has 5 heteroatoms. The van der Waals surface area contributed by atoms with E-state index >= 15 is 0 Å². The number of carbonyl (C=O) groups is 1. The number of ether oxygens (including phenoxy) is 1. The lowest BCUT2D eigenvalue weighted by molar-refractivity contribution is 0.0733. The van der Waals surface area contributed by atoms with E-state index in [1.807, 2.05) is 74.5 Å². The van der Waals surface area contributed by atoms with Crippen molar-refractivity contribution in [2.24, 2.45) is 0 Å². The summed E-state index contributed by atoms with van der Waals surface area (Å²) in [5.74, 6) is 0.136. The number of nitrogens with zero attached hydrogens (tertiary/aromatic N) is 2. The van der Waals surface area contributed by atoms with Crippen LogP contribution in [0, 0.1) is 13.8 Å². The van der Waals surface area contributed by atoms with E-state index in [9.17, 15) is 9.90 Å². The van der Waals surface area contributed by atoms with Gasteiger partial charge in [-0.2, -0.15) is 0 Å². The van der Waals surface area contributed by atoms with Crippen molar-refractivity contribution in [1.29, 1.82) is 0 Å². The molecule has 4 rings (SSSR count). The van der Waals surface area contributed by atoms with Gasteiger partial charge in [0.1, 0.15) is 12.1 Å². The van der Waals surface area contributed by atoms with E-state index < -0.39 is 5.97 Å². The van der Waals surface area contributed by atoms with Gasteiger partial charge in [-0.1, -0.05) is 36.4 Å². The fourth-order valence-electron chi connectivity index (χ4n) is 3.37. The number of fused-ring (bicyclic) bond motifs is 1. The van der Waals surface area contributed by atoms with Crippen LogP contribution in [0.15, 0.2) is 67.3 Å². The van der Waals surface area contributed by atoms with Gasteiger partial charge in [-0.05, 0) is 71.1 Å². The van der Waals surface area contributed by atoms with Crippen LogP contribution in [0.25, 0.3) is 22.9 Å². The summed E-state index contributed by atoms with van der Waals surface area (Å²) >= 11 is 0. The predicted molar refractivity (Wildman–Crippen MR) is 117 cm³/mol. The number of aryl methyl sites for hydroxylation is 2. The number of rotatable bonds is 4. The minimum Gasteiger partial charge on any atom is -0.507 e. The SMILES string of the molecule is Cc1cc(C=Cc2cc(C(=O)Oc3cncnc3)cc3ccccc23)cc(C)c1O. The first kappa shape index (κ1) is 19.3. The zero-order valence-corrected chi connectivity index (χ0v) is 16.7. The predicted octanol–water partition coefficient (Wildman–Crippen LogP) is 5.34. The first-order valence-electron chi connectivity index (χ1n) is 9.49. The molecule has 0 saturated heterocycles. The number of phenols is 1. The molecular formula is C25H20N2O3. The number of benzene rings is 3. The lowest BCUT2D eigenvalue weighted by Crippen LogP contribution is -2.09. The topological polar surface area (TPSA) is 72.3 Å². The van der Waals surface area contributed by atoms with Gasteiger partial charge in [0, 0.05) is 0 Å². The van der Waals surface area contributed by atoms with Gasteiger partial charge in [-0.25, -0.2) is 14.8 Å². The molecule has 0 amide bonds. The Labute approximate surface area is 174 Å². The summed E-state index contributed by atoms with van der Waals surface area (Å²) in [4.78, 5) is 20.4. The maximum Gasteiger partial charge on any atom is 0.343 e. The van der Waals surface area contributed by atoms with Crippen molar-refractivity contribution in [3.8, 4) is 11.5 Å². The van der Waals surface area contributed by atoms with Gasteiger partial charge in [0.2, 0.25) is 0 Å². The van der Waals surface area contributed by atoms with Crippen LogP contribution in [-0.4, -0.2) is 21.0 Å². The summed E-state index contributed by atoms with van der Waals surface area (Å²) in [7, 11) is 0. The van der Waals surface area contributed by atoms with E-state index in [0.717, 1.165) is 33.0 Å². The third kappa shape index (κ3) is 4.05. The first-order chi connectivity index (χ1) is 14.5. The number of carbonyl (C=O) groups excluding carboxylic acids is 1. The molecule has 30 heavy (non-hydrogen) atoms. The zero-order valence-electron chi connectivity index (χ0n) is 16.7. The molecular weight excluding hydrogens is 376 g/mol. The summed E-state index contributed by atoms with van der Waals surface area (Å²) in [5.41, 5.74) is 3.95. The van der Waals surface area contributed by atoms with Crippen molar-refractivity contribution in [3.63, 3.8) is 0 Å². The molecule has 0 aliphatic rings. The van der Waals surface area contributed by atoms with Crippen LogP contribution in [-0.2, 0) is 0 Å². The highest BCUT2D eigenvalue weighted by molar-refractivity contribution is 6.01. The number of aromatic hydroxyl groups is 1. The van der Waals surface area contributed by atoms with Crippen LogP contribution < -0.4 is 4.74 Å². The molecule has 5 nitrogen and oxygen atoms in total. The molecule has 0 aliphatic heterocycles. The average molecular weight is 396 g/mol. The minimum atomic E-state index is -0.471. The van der Waals surface area contributed by atoms with E-state index in [4.69, 9.17) is 4.74 Å². The molecule has 3 aromatic carbocycles. The maximum atomic E-state index is 12.7. The Morgan fingerprint density at radius 2 is 1.67 bits per heavy atom. The van der Waals surface area contributed by atoms with Crippen molar-refractivity contribution in [1.82, 2.24) is 9.97 Å². The number of esters is 1. The van der Waals surface area contributed by atoms with E-state index in [0.29, 0.717) is 17.1 Å². The Morgan fingerprint density at radius 3 is 2.40 bits per heavy atom. The van der Waals surface area contributed by atoms with Gasteiger partial charge < -0.3 is 9.84 Å². The van der Waals surface area contributed by atoms with Crippen molar-refractivity contribution in [2.75, 3.05) is 0 Å². The van der Waals surface area contributed by atoms with Crippen molar-refractivity contribution in [2.45, 2.75) is 13.8 Å². The van der Waals surface area contributed by atoms with Crippen LogP contribution >= 0.6 is 0 Å². The van der Waals surface area contributed by atoms with Crippen molar-refractivity contribution < 1.29 is 14.6 Å². The molecule has 0 fully saturated rings. The summed E-state index contributed by atoms with van der Waals surface area (Å²) in [6, 6.07) is 15.4. The molecule has 0 bridgehead atoms. The lowest BCUT2D eigenvalue weighted by Gasteiger charge is -2.08. The molecule has 0 atom stereocenters. The lowest BCUT2D eigenvalue weighted by atomic mass is 9.99. The molecule has 148 valence electrons. The second-order valence-corrected chi connectivity index (χ2v) is 7.09. The summed E-state index contributed by atoms with van der Waals surface area (Å²) in [6.45, 7) is 3.75. The Bertz CT molecular complexity index is 1240. The minimum absolute atomic E-state index is 0.294. The summed E-state index contributed by atoms with van der Waals surface area (Å²) in [5, 5.41) is 12.0. The molecule has 1 aromatic heterocycles. The van der Waals surface area contributed by atoms with Gasteiger partial charge in [-0.3, -0.25) is 0 Å². The maximum absolute atomic E-state index is 12.7. The molecule has 0 saturated carbocycles. The molecule has 1 N–H and O–H groups in total. The fourth-order valence-corrected chi connectivity index (χ4v) is 3.37. The van der Waals surface area contributed by atoms with E-state index in [1.165, 1.54) is 18.7 Å². The van der Waals surface area contributed by atoms with Gasteiger partial charge in [0.15, 0.2) is 5.75 Å². The third-order valence-electron chi connectivity index (χ3n) is 4.85. The van der Waals surface area contributed by atoms with Gasteiger partial charge >= 0.3 is 5.97 Å². The molecule has 0 radical (unpaired) electrons. The highest BCUT2D eigenvalue weighted by Gasteiger charge is 2.12. The van der Waals surface area contributed by atoms with Gasteiger partial charge in [0.25, 0.3) is 0 Å². The quantitative estimate of drug-likeness (QED) is 0.372. The highest BCUT2D eigenvalue weighted by Crippen LogP contribution is 2.26. The van der Waals surface area contributed by atoms with E-state index in [1.54, 1.807) is 0 Å². The third-order valence-corrected chi connectivity index (χ3v) is 4.85.